The van der Waals surface area contributed by atoms with Crippen LogP contribution in [0.2, 0.25) is 0 Å². The van der Waals surface area contributed by atoms with E-state index in [1.807, 2.05) is 91.9 Å². The van der Waals surface area contributed by atoms with E-state index in [1.54, 1.807) is 0 Å². The summed E-state index contributed by atoms with van der Waals surface area (Å²) in [6, 6.07) is 28.4. The van der Waals surface area contributed by atoms with E-state index in [0.717, 1.165) is 40.7 Å². The van der Waals surface area contributed by atoms with Gasteiger partial charge in [-0.05, 0) is 49.9 Å². The number of thioether (sulfide) groups is 1. The summed E-state index contributed by atoms with van der Waals surface area (Å²) >= 11 is 1.45. The van der Waals surface area contributed by atoms with Crippen LogP contribution in [0.15, 0.2) is 90.1 Å². The molecular formula is C32H36N4O2S. The number of hydrogen-bond acceptors (Lipinski definition) is 5. The lowest BCUT2D eigenvalue weighted by Crippen LogP contribution is -2.30. The van der Waals surface area contributed by atoms with Crippen molar-refractivity contribution in [3.8, 4) is 5.75 Å². The maximum atomic E-state index is 13.3. The zero-order chi connectivity index (χ0) is 27.0. The average molecular weight is 541 g/mol. The molecule has 1 aliphatic carbocycles. The van der Waals surface area contributed by atoms with Gasteiger partial charge in [0.15, 0.2) is 17.1 Å². The Balaban J connectivity index is 1.32. The van der Waals surface area contributed by atoms with E-state index in [4.69, 9.17) is 4.74 Å². The normalized spacial score (nSPS) is 14.7. The van der Waals surface area contributed by atoms with Gasteiger partial charge in [-0.3, -0.25) is 9.36 Å². The van der Waals surface area contributed by atoms with Crippen LogP contribution in [0.25, 0.3) is 0 Å². The maximum Gasteiger partial charge on any atom is 0.231 e. The van der Waals surface area contributed by atoms with Crippen LogP contribution in [0, 0.1) is 6.92 Å². The Bertz CT molecular complexity index is 1300. The second-order valence-electron chi connectivity index (χ2n) is 10.2. The quantitative estimate of drug-likeness (QED) is 0.215. The molecule has 1 atom stereocenters. The van der Waals surface area contributed by atoms with Crippen LogP contribution in [0.1, 0.15) is 79.7 Å². The number of nitrogens with zero attached hydrogens (tertiary/aromatic N) is 3. The number of carbonyl (C=O) groups is 1. The Labute approximate surface area is 235 Å². The molecule has 0 aliphatic heterocycles. The highest BCUT2D eigenvalue weighted by atomic mass is 32.2. The van der Waals surface area contributed by atoms with E-state index in [0.29, 0.717) is 6.04 Å². The first kappa shape index (κ1) is 27.0. The number of aromatic nitrogens is 3. The van der Waals surface area contributed by atoms with E-state index >= 15 is 0 Å². The van der Waals surface area contributed by atoms with Crippen molar-refractivity contribution < 1.29 is 9.53 Å². The summed E-state index contributed by atoms with van der Waals surface area (Å²) in [5.41, 5.74) is 3.30. The maximum absolute atomic E-state index is 13.3. The minimum atomic E-state index is -0.258. The first-order valence-electron chi connectivity index (χ1n) is 13.8. The third-order valence-electron chi connectivity index (χ3n) is 7.23. The van der Waals surface area contributed by atoms with Gasteiger partial charge in [0.2, 0.25) is 5.91 Å². The minimum absolute atomic E-state index is 0.0404. The van der Waals surface area contributed by atoms with Crippen molar-refractivity contribution in [1.82, 2.24) is 20.1 Å². The third-order valence-corrected chi connectivity index (χ3v) is 8.17. The molecule has 39 heavy (non-hydrogen) atoms. The second kappa shape index (κ2) is 13.0. The molecule has 202 valence electrons. The molecule has 0 spiro atoms. The summed E-state index contributed by atoms with van der Waals surface area (Å²) in [5.74, 6) is 1.85. The molecular weight excluding hydrogens is 504 g/mol. The predicted octanol–water partition coefficient (Wildman–Crippen LogP) is 7.23. The summed E-state index contributed by atoms with van der Waals surface area (Å²) in [7, 11) is 0. The molecule has 1 fully saturated rings. The van der Waals surface area contributed by atoms with E-state index in [2.05, 4.69) is 27.0 Å². The van der Waals surface area contributed by atoms with Crippen LogP contribution in [0.4, 0.5) is 0 Å². The highest BCUT2D eigenvalue weighted by Gasteiger charge is 2.27. The van der Waals surface area contributed by atoms with Gasteiger partial charge in [-0.15, -0.1) is 10.2 Å². The largest absolute Gasteiger partial charge is 0.483 e. The molecule has 0 radical (unpaired) electrons. The summed E-state index contributed by atoms with van der Waals surface area (Å²) in [4.78, 5) is 13.3. The molecule has 1 heterocycles. The lowest BCUT2D eigenvalue weighted by molar-refractivity contribution is -0.119. The molecule has 1 aliphatic rings. The second-order valence-corrected chi connectivity index (χ2v) is 11.1. The molecule has 5 rings (SSSR count). The van der Waals surface area contributed by atoms with E-state index in [1.165, 1.54) is 36.6 Å². The number of carbonyl (C=O) groups excluding carboxylic acids is 1. The monoisotopic (exact) mass is 540 g/mol. The fourth-order valence-corrected chi connectivity index (χ4v) is 6.03. The number of ether oxygens (including phenoxy) is 1. The summed E-state index contributed by atoms with van der Waals surface area (Å²) < 4.78 is 8.50. The minimum Gasteiger partial charge on any atom is -0.483 e. The van der Waals surface area contributed by atoms with Crippen molar-refractivity contribution in [2.24, 2.45) is 0 Å². The molecule has 1 aromatic heterocycles. The lowest BCUT2D eigenvalue weighted by Gasteiger charge is -2.27. The molecule has 3 aromatic carbocycles. The standard InChI is InChI=1S/C32H36N4O2S/c1-23-18-20-28(21-19-23)38-24(2)31-34-35-32(36(31)27-16-10-5-11-17-27)39-22-29(37)33-30(25-12-6-3-7-13-25)26-14-8-4-9-15-26/h3-4,6-9,12-15,18-21,24,27,30H,5,10-11,16-17,22H2,1-2H3,(H,33,37)/t24-/m1/s1. The van der Waals surface area contributed by atoms with Crippen molar-refractivity contribution >= 4 is 17.7 Å². The van der Waals surface area contributed by atoms with Crippen LogP contribution in [-0.2, 0) is 4.79 Å². The first-order valence-corrected chi connectivity index (χ1v) is 14.8. The van der Waals surface area contributed by atoms with Crippen LogP contribution < -0.4 is 10.1 Å². The van der Waals surface area contributed by atoms with Gasteiger partial charge in [-0.1, -0.05) is 109 Å². The fourth-order valence-electron chi connectivity index (χ4n) is 5.20. The molecule has 1 saturated carbocycles. The van der Waals surface area contributed by atoms with E-state index in [9.17, 15) is 4.79 Å². The number of hydrogen-bond donors (Lipinski definition) is 1. The summed E-state index contributed by atoms with van der Waals surface area (Å²) in [6.07, 6.45) is 5.56. The van der Waals surface area contributed by atoms with Crippen molar-refractivity contribution in [3.05, 3.63) is 107 Å². The van der Waals surface area contributed by atoms with Crippen molar-refractivity contribution in [2.75, 3.05) is 5.75 Å². The van der Waals surface area contributed by atoms with Crippen LogP contribution >= 0.6 is 11.8 Å². The number of nitrogens with one attached hydrogen (secondary N) is 1. The number of aryl methyl sites for hydroxylation is 1. The highest BCUT2D eigenvalue weighted by molar-refractivity contribution is 7.99. The molecule has 1 N–H and O–H groups in total. The Hall–Kier alpha value is -3.58. The van der Waals surface area contributed by atoms with Crippen molar-refractivity contribution in [1.29, 1.82) is 0 Å². The fraction of sp³-hybridized carbons (Fsp3) is 0.344. The average Bonchev–Trinajstić information content (AvgIpc) is 3.41. The zero-order valence-electron chi connectivity index (χ0n) is 22.6. The SMILES string of the molecule is Cc1ccc(O[C@H](C)c2nnc(SCC(=O)NC(c3ccccc3)c3ccccc3)n2C2CCCCC2)cc1. The highest BCUT2D eigenvalue weighted by Crippen LogP contribution is 2.35. The Morgan fingerprint density at radius 3 is 2.15 bits per heavy atom. The summed E-state index contributed by atoms with van der Waals surface area (Å²) in [5, 5.41) is 13.1. The molecule has 7 heteroatoms. The van der Waals surface area contributed by atoms with Gasteiger partial charge >= 0.3 is 0 Å². The topological polar surface area (TPSA) is 69.0 Å². The summed E-state index contributed by atoms with van der Waals surface area (Å²) in [6.45, 7) is 4.09. The van der Waals surface area contributed by atoms with Crippen molar-refractivity contribution in [3.63, 3.8) is 0 Å². The number of benzene rings is 3. The molecule has 0 bridgehead atoms. The predicted molar refractivity (Wildman–Crippen MR) is 156 cm³/mol. The molecule has 4 aromatic rings. The molecule has 0 unspecified atom stereocenters. The number of amides is 1. The lowest BCUT2D eigenvalue weighted by atomic mass is 9.95. The molecule has 0 saturated heterocycles. The molecule has 1 amide bonds. The van der Waals surface area contributed by atoms with Gasteiger partial charge in [-0.25, -0.2) is 0 Å². The molecule has 6 nitrogen and oxygen atoms in total. The third kappa shape index (κ3) is 6.90. The van der Waals surface area contributed by atoms with Gasteiger partial charge in [0.1, 0.15) is 5.75 Å². The Morgan fingerprint density at radius 2 is 1.54 bits per heavy atom. The van der Waals surface area contributed by atoms with Gasteiger partial charge in [0.25, 0.3) is 0 Å². The van der Waals surface area contributed by atoms with Gasteiger partial charge in [0, 0.05) is 6.04 Å². The van der Waals surface area contributed by atoms with E-state index in [-0.39, 0.29) is 23.8 Å². The van der Waals surface area contributed by atoms with Gasteiger partial charge in [-0.2, -0.15) is 0 Å². The van der Waals surface area contributed by atoms with Crippen LogP contribution in [-0.4, -0.2) is 26.4 Å². The zero-order valence-corrected chi connectivity index (χ0v) is 23.4. The Morgan fingerprint density at radius 1 is 0.923 bits per heavy atom. The van der Waals surface area contributed by atoms with Crippen LogP contribution in [0.3, 0.4) is 0 Å². The van der Waals surface area contributed by atoms with Gasteiger partial charge < -0.3 is 10.1 Å². The smallest absolute Gasteiger partial charge is 0.231 e. The van der Waals surface area contributed by atoms with Gasteiger partial charge in [0.05, 0.1) is 11.8 Å². The Kier molecular flexibility index (Phi) is 8.99. The number of rotatable bonds is 10. The first-order chi connectivity index (χ1) is 19.1. The van der Waals surface area contributed by atoms with Crippen molar-refractivity contribution in [2.45, 2.75) is 69.3 Å². The van der Waals surface area contributed by atoms with Crippen LogP contribution in [0.5, 0.6) is 5.75 Å². The van der Waals surface area contributed by atoms with E-state index < -0.39 is 0 Å².